The highest BCUT2D eigenvalue weighted by Gasteiger charge is 2.31. The van der Waals surface area contributed by atoms with E-state index in [0.717, 1.165) is 31.6 Å². The van der Waals surface area contributed by atoms with Crippen LogP contribution in [0.25, 0.3) is 0 Å². The fraction of sp³-hybridized carbons (Fsp3) is 0.533. The first kappa shape index (κ1) is 12.9. The van der Waals surface area contributed by atoms with Crippen molar-refractivity contribution in [1.29, 1.82) is 5.26 Å². The summed E-state index contributed by atoms with van der Waals surface area (Å²) in [6, 6.07) is 10.2. The Bertz CT molecular complexity index is 435. The van der Waals surface area contributed by atoms with E-state index in [9.17, 15) is 0 Å². The van der Waals surface area contributed by atoms with Crippen LogP contribution in [0.4, 0.5) is 5.69 Å². The zero-order valence-electron chi connectivity index (χ0n) is 11.1. The summed E-state index contributed by atoms with van der Waals surface area (Å²) in [6.07, 6.45) is 3.11. The first-order valence-corrected chi connectivity index (χ1v) is 6.56. The lowest BCUT2D eigenvalue weighted by Crippen LogP contribution is -2.41. The second-order valence-electron chi connectivity index (χ2n) is 5.18. The van der Waals surface area contributed by atoms with Crippen LogP contribution in [-0.4, -0.2) is 18.2 Å². The maximum absolute atomic E-state index is 8.76. The molecule has 2 atom stereocenters. The molecule has 3 nitrogen and oxygen atoms in total. The van der Waals surface area contributed by atoms with E-state index in [4.69, 9.17) is 10.00 Å². The summed E-state index contributed by atoms with van der Waals surface area (Å²) in [5, 5.41) is 12.3. The number of benzene rings is 1. The van der Waals surface area contributed by atoms with Crippen molar-refractivity contribution in [2.75, 3.05) is 11.9 Å². The molecule has 1 aliphatic heterocycles. The number of ether oxygens (including phenoxy) is 1. The third-order valence-electron chi connectivity index (χ3n) is 3.73. The molecule has 2 unspecified atom stereocenters. The Labute approximate surface area is 109 Å². The molecule has 1 N–H and O–H groups in total. The summed E-state index contributed by atoms with van der Waals surface area (Å²) in [7, 11) is 0. The zero-order valence-corrected chi connectivity index (χ0v) is 11.1. The first-order chi connectivity index (χ1) is 8.65. The quantitative estimate of drug-likeness (QED) is 0.887. The van der Waals surface area contributed by atoms with Gasteiger partial charge in [-0.15, -0.1) is 0 Å². The number of anilines is 1. The molecule has 1 aliphatic rings. The molecule has 0 bridgehead atoms. The van der Waals surface area contributed by atoms with Gasteiger partial charge in [0.15, 0.2) is 0 Å². The van der Waals surface area contributed by atoms with E-state index in [1.165, 1.54) is 0 Å². The van der Waals surface area contributed by atoms with Crippen molar-refractivity contribution >= 4 is 5.69 Å². The molecular weight excluding hydrogens is 224 g/mol. The molecule has 0 saturated carbocycles. The molecule has 3 heteroatoms. The Kier molecular flexibility index (Phi) is 3.88. The van der Waals surface area contributed by atoms with Crippen LogP contribution in [0.3, 0.4) is 0 Å². The van der Waals surface area contributed by atoms with Gasteiger partial charge in [0.05, 0.1) is 17.2 Å². The zero-order chi connectivity index (χ0) is 13.0. The minimum atomic E-state index is 0.00249. The third kappa shape index (κ3) is 3.02. The fourth-order valence-electron chi connectivity index (χ4n) is 2.38. The SMILES string of the molecule is CCC1(C)CC(Nc2ccc(C#N)cc2)CCO1. The van der Waals surface area contributed by atoms with Gasteiger partial charge >= 0.3 is 0 Å². The van der Waals surface area contributed by atoms with Gasteiger partial charge in [-0.3, -0.25) is 0 Å². The van der Waals surface area contributed by atoms with Crippen molar-refractivity contribution in [3.8, 4) is 6.07 Å². The second-order valence-corrected chi connectivity index (χ2v) is 5.18. The Morgan fingerprint density at radius 3 is 2.78 bits per heavy atom. The van der Waals surface area contributed by atoms with Crippen molar-refractivity contribution in [3.63, 3.8) is 0 Å². The van der Waals surface area contributed by atoms with Gasteiger partial charge in [0, 0.05) is 18.3 Å². The van der Waals surface area contributed by atoms with Crippen LogP contribution in [0.2, 0.25) is 0 Å². The molecule has 1 aromatic carbocycles. The minimum absolute atomic E-state index is 0.00249. The number of hydrogen-bond donors (Lipinski definition) is 1. The molecule has 2 rings (SSSR count). The predicted octanol–water partition coefficient (Wildman–Crippen LogP) is 3.32. The summed E-state index contributed by atoms with van der Waals surface area (Å²) in [6.45, 7) is 5.17. The van der Waals surface area contributed by atoms with Crippen molar-refractivity contribution in [2.45, 2.75) is 44.8 Å². The van der Waals surface area contributed by atoms with E-state index in [-0.39, 0.29) is 5.60 Å². The molecule has 0 aromatic heterocycles. The molecule has 0 amide bonds. The first-order valence-electron chi connectivity index (χ1n) is 6.56. The molecule has 18 heavy (non-hydrogen) atoms. The van der Waals surface area contributed by atoms with Crippen LogP contribution in [0.1, 0.15) is 38.7 Å². The van der Waals surface area contributed by atoms with Crippen molar-refractivity contribution < 1.29 is 4.74 Å². The average Bonchev–Trinajstić information content (AvgIpc) is 2.40. The normalized spacial score (nSPS) is 27.5. The van der Waals surface area contributed by atoms with E-state index in [0.29, 0.717) is 11.6 Å². The summed E-state index contributed by atoms with van der Waals surface area (Å²) in [5.74, 6) is 0. The Balaban J connectivity index is 1.98. The van der Waals surface area contributed by atoms with Crippen LogP contribution in [-0.2, 0) is 4.74 Å². The molecule has 0 radical (unpaired) electrons. The van der Waals surface area contributed by atoms with Gasteiger partial charge in [0.1, 0.15) is 0 Å². The van der Waals surface area contributed by atoms with E-state index in [1.807, 2.05) is 24.3 Å². The number of nitrogens with zero attached hydrogens (tertiary/aromatic N) is 1. The summed E-state index contributed by atoms with van der Waals surface area (Å²) in [4.78, 5) is 0. The highest BCUT2D eigenvalue weighted by atomic mass is 16.5. The Morgan fingerprint density at radius 2 is 2.17 bits per heavy atom. The van der Waals surface area contributed by atoms with Gasteiger partial charge in [-0.25, -0.2) is 0 Å². The summed E-state index contributed by atoms with van der Waals surface area (Å²) >= 11 is 0. The number of nitrogens with one attached hydrogen (secondary N) is 1. The maximum atomic E-state index is 8.76. The maximum Gasteiger partial charge on any atom is 0.0991 e. The van der Waals surface area contributed by atoms with Gasteiger partial charge < -0.3 is 10.1 Å². The van der Waals surface area contributed by atoms with Crippen LogP contribution < -0.4 is 5.32 Å². The largest absolute Gasteiger partial charge is 0.382 e. The van der Waals surface area contributed by atoms with E-state index < -0.39 is 0 Å². The molecule has 1 aromatic rings. The number of nitriles is 1. The van der Waals surface area contributed by atoms with Crippen LogP contribution in [0.5, 0.6) is 0 Å². The second kappa shape index (κ2) is 5.41. The minimum Gasteiger partial charge on any atom is -0.382 e. The highest BCUT2D eigenvalue weighted by molar-refractivity contribution is 5.47. The monoisotopic (exact) mass is 244 g/mol. The van der Waals surface area contributed by atoms with E-state index >= 15 is 0 Å². The molecule has 0 spiro atoms. The molecular formula is C15H20N2O. The lowest BCUT2D eigenvalue weighted by Gasteiger charge is -2.38. The summed E-state index contributed by atoms with van der Waals surface area (Å²) < 4.78 is 5.84. The highest BCUT2D eigenvalue weighted by Crippen LogP contribution is 2.29. The smallest absolute Gasteiger partial charge is 0.0991 e. The van der Waals surface area contributed by atoms with Crippen molar-refractivity contribution in [1.82, 2.24) is 0 Å². The molecule has 0 aliphatic carbocycles. The molecule has 1 heterocycles. The Hall–Kier alpha value is -1.53. The molecule has 1 saturated heterocycles. The molecule has 1 fully saturated rings. The van der Waals surface area contributed by atoms with Gasteiger partial charge in [0.25, 0.3) is 0 Å². The van der Waals surface area contributed by atoms with Crippen LogP contribution >= 0.6 is 0 Å². The van der Waals surface area contributed by atoms with E-state index in [2.05, 4.69) is 25.2 Å². The van der Waals surface area contributed by atoms with Crippen molar-refractivity contribution in [2.24, 2.45) is 0 Å². The number of rotatable bonds is 3. The van der Waals surface area contributed by atoms with Gasteiger partial charge in [-0.1, -0.05) is 6.92 Å². The van der Waals surface area contributed by atoms with Gasteiger partial charge in [-0.05, 0) is 50.5 Å². The van der Waals surface area contributed by atoms with Crippen LogP contribution in [0.15, 0.2) is 24.3 Å². The average molecular weight is 244 g/mol. The fourth-order valence-corrected chi connectivity index (χ4v) is 2.38. The summed E-state index contributed by atoms with van der Waals surface area (Å²) in [5.41, 5.74) is 1.79. The van der Waals surface area contributed by atoms with Gasteiger partial charge in [0.2, 0.25) is 0 Å². The topological polar surface area (TPSA) is 45.0 Å². The van der Waals surface area contributed by atoms with Crippen molar-refractivity contribution in [3.05, 3.63) is 29.8 Å². The third-order valence-corrected chi connectivity index (χ3v) is 3.73. The van der Waals surface area contributed by atoms with Gasteiger partial charge in [-0.2, -0.15) is 5.26 Å². The lowest BCUT2D eigenvalue weighted by molar-refractivity contribution is -0.0708. The van der Waals surface area contributed by atoms with E-state index in [1.54, 1.807) is 0 Å². The lowest BCUT2D eigenvalue weighted by atomic mass is 9.90. The standard InChI is InChI=1S/C15H20N2O/c1-3-15(2)10-14(8-9-18-15)17-13-6-4-12(11-16)5-7-13/h4-7,14,17H,3,8-10H2,1-2H3. The predicted molar refractivity (Wildman–Crippen MR) is 72.4 cm³/mol. The molecule has 96 valence electrons. The number of hydrogen-bond acceptors (Lipinski definition) is 3. The van der Waals surface area contributed by atoms with Crippen LogP contribution in [0, 0.1) is 11.3 Å². The Morgan fingerprint density at radius 1 is 1.44 bits per heavy atom.